The maximum Gasteiger partial charge on any atom is 0.255 e. The molecule has 0 aromatic heterocycles. The summed E-state index contributed by atoms with van der Waals surface area (Å²) in [5, 5.41) is 46.8. The summed E-state index contributed by atoms with van der Waals surface area (Å²) in [6.07, 6.45) is 0.145. The number of benzene rings is 3. The van der Waals surface area contributed by atoms with Crippen molar-refractivity contribution in [3.05, 3.63) is 82.1 Å². The molecule has 0 bridgehead atoms. The van der Waals surface area contributed by atoms with Gasteiger partial charge >= 0.3 is 0 Å². The number of carbonyl (C=O) groups is 4. The van der Waals surface area contributed by atoms with Gasteiger partial charge in [-0.1, -0.05) is 42.5 Å². The highest BCUT2D eigenvalue weighted by molar-refractivity contribution is 6.24. The van der Waals surface area contributed by atoms with Gasteiger partial charge in [-0.3, -0.25) is 24.1 Å². The Morgan fingerprint density at radius 1 is 0.953 bits per heavy atom. The van der Waals surface area contributed by atoms with Crippen LogP contribution in [0, 0.1) is 11.8 Å². The number of hydrogen-bond donors (Lipinski definition) is 5. The molecule has 3 aromatic carbocycles. The minimum Gasteiger partial charge on any atom is -0.508 e. The Balaban J connectivity index is 1.59. The Hall–Kier alpha value is -4.80. The Morgan fingerprint density at radius 3 is 2.23 bits per heavy atom. The zero-order chi connectivity index (χ0) is 31.1. The Kier molecular flexibility index (Phi) is 6.33. The molecule has 1 saturated carbocycles. The Labute approximate surface area is 246 Å². The fraction of sp³-hybridized carbons (Fsp3) is 0.273. The molecule has 4 unspecified atom stereocenters. The average molecular weight is 583 g/mol. The molecule has 0 aliphatic heterocycles. The molecule has 0 spiro atoms. The number of carbonyl (C=O) groups excluding carboxylic acids is 4. The standard InChI is InChI=1S/C33H30N2O8/c1-14(36)16-8-9-19(18-7-5-4-6-17(16)18)20-10-11-23(37)25-21(20)12-15-13-22-27(35(2)3)29(39)26(32(34)42)31(41)33(22,43)30(40)24(15)28(25)38/h4-11,15,22,27,37-38,41,43H,12-13H2,1-3H3,(H2,34,42). The summed E-state index contributed by atoms with van der Waals surface area (Å²) in [6.45, 7) is 1.49. The van der Waals surface area contributed by atoms with E-state index in [1.165, 1.54) is 17.9 Å². The van der Waals surface area contributed by atoms with Gasteiger partial charge in [0.25, 0.3) is 5.91 Å². The first-order valence-corrected chi connectivity index (χ1v) is 13.8. The van der Waals surface area contributed by atoms with Crippen molar-refractivity contribution in [2.75, 3.05) is 14.1 Å². The number of nitrogens with zero attached hydrogens (tertiary/aromatic N) is 1. The summed E-state index contributed by atoms with van der Waals surface area (Å²) < 4.78 is 0. The third kappa shape index (κ3) is 3.80. The van der Waals surface area contributed by atoms with Crippen LogP contribution >= 0.6 is 0 Å². The number of rotatable bonds is 4. The van der Waals surface area contributed by atoms with Crippen molar-refractivity contribution in [3.8, 4) is 16.9 Å². The molecule has 10 nitrogen and oxygen atoms in total. The lowest BCUT2D eigenvalue weighted by Gasteiger charge is -2.50. The van der Waals surface area contributed by atoms with Crippen molar-refractivity contribution in [1.82, 2.24) is 4.90 Å². The summed E-state index contributed by atoms with van der Waals surface area (Å²) in [7, 11) is 3.11. The number of aliphatic hydroxyl groups is 3. The molecule has 3 aliphatic carbocycles. The molecule has 3 aromatic rings. The quantitative estimate of drug-likeness (QED) is 0.228. The Bertz CT molecular complexity index is 1870. The van der Waals surface area contributed by atoms with Crippen LogP contribution in [0.3, 0.4) is 0 Å². The van der Waals surface area contributed by atoms with Gasteiger partial charge in [0.2, 0.25) is 5.78 Å². The second-order valence-corrected chi connectivity index (χ2v) is 11.7. The summed E-state index contributed by atoms with van der Waals surface area (Å²) in [6, 6.07) is 12.9. The molecule has 6 rings (SSSR count). The number of aromatic hydroxyl groups is 1. The topological polar surface area (TPSA) is 178 Å². The van der Waals surface area contributed by atoms with Crippen molar-refractivity contribution >= 4 is 39.8 Å². The van der Waals surface area contributed by atoms with Crippen LogP contribution in [0.1, 0.15) is 34.8 Å². The number of amides is 1. The van der Waals surface area contributed by atoms with E-state index in [1.807, 2.05) is 30.3 Å². The predicted molar refractivity (Wildman–Crippen MR) is 157 cm³/mol. The Morgan fingerprint density at radius 2 is 1.60 bits per heavy atom. The van der Waals surface area contributed by atoms with Gasteiger partial charge in [-0.2, -0.15) is 0 Å². The number of hydrogen-bond acceptors (Lipinski definition) is 9. The largest absolute Gasteiger partial charge is 0.508 e. The van der Waals surface area contributed by atoms with Crippen LogP contribution in [0.5, 0.6) is 5.75 Å². The van der Waals surface area contributed by atoms with Crippen LogP contribution in [-0.4, -0.2) is 74.3 Å². The molecule has 6 N–H and O–H groups in total. The molecule has 220 valence electrons. The van der Waals surface area contributed by atoms with Crippen LogP contribution in [-0.2, 0) is 20.8 Å². The lowest BCUT2D eigenvalue weighted by molar-refractivity contribution is -0.153. The SMILES string of the molecule is CC(=O)c1ccc(-c2ccc(O)c3c2CC2CC4C(N(C)C)C(=O)C(C(N)=O)=C(O)C4(O)C(=O)C2=C3O)c2ccccc12. The number of Topliss-reactive ketones (excluding diaryl/α,β-unsaturated/α-hetero) is 3. The zero-order valence-corrected chi connectivity index (χ0v) is 23.7. The molecular weight excluding hydrogens is 552 g/mol. The number of phenols is 1. The lowest BCUT2D eigenvalue weighted by Crippen LogP contribution is -2.65. The molecule has 10 heteroatoms. The zero-order valence-electron chi connectivity index (χ0n) is 23.7. The fourth-order valence-corrected chi connectivity index (χ4v) is 7.34. The summed E-state index contributed by atoms with van der Waals surface area (Å²) in [4.78, 5) is 53.4. The highest BCUT2D eigenvalue weighted by Gasteiger charge is 2.64. The van der Waals surface area contributed by atoms with E-state index in [9.17, 15) is 39.6 Å². The number of nitrogens with two attached hydrogens (primary N) is 1. The molecule has 1 amide bonds. The highest BCUT2D eigenvalue weighted by Crippen LogP contribution is 2.54. The maximum atomic E-state index is 14.1. The monoisotopic (exact) mass is 582 g/mol. The van der Waals surface area contributed by atoms with Gasteiger partial charge in [-0.25, -0.2) is 0 Å². The molecule has 0 radical (unpaired) electrons. The number of phenolic OH excluding ortho intramolecular Hbond substituents is 1. The van der Waals surface area contributed by atoms with Crippen LogP contribution in [0.4, 0.5) is 0 Å². The number of ketones is 3. The molecule has 1 fully saturated rings. The predicted octanol–water partition coefficient (Wildman–Crippen LogP) is 2.99. The van der Waals surface area contributed by atoms with Gasteiger partial charge in [0.1, 0.15) is 22.8 Å². The molecule has 43 heavy (non-hydrogen) atoms. The van der Waals surface area contributed by atoms with Crippen LogP contribution in [0.15, 0.2) is 65.4 Å². The smallest absolute Gasteiger partial charge is 0.255 e. The molecule has 0 heterocycles. The van der Waals surface area contributed by atoms with Crippen molar-refractivity contribution < 1.29 is 39.6 Å². The second kappa shape index (κ2) is 9.62. The third-order valence-electron chi connectivity index (χ3n) is 9.20. The van der Waals surface area contributed by atoms with Gasteiger partial charge in [-0.05, 0) is 73.3 Å². The number of likely N-dealkylation sites (N-methyl/N-ethyl adjacent to an activating group) is 1. The van der Waals surface area contributed by atoms with Gasteiger partial charge < -0.3 is 26.2 Å². The van der Waals surface area contributed by atoms with E-state index in [0.717, 1.165) is 16.3 Å². The van der Waals surface area contributed by atoms with E-state index in [4.69, 9.17) is 5.73 Å². The van der Waals surface area contributed by atoms with E-state index in [-0.39, 0.29) is 35.5 Å². The first kappa shape index (κ1) is 28.3. The summed E-state index contributed by atoms with van der Waals surface area (Å²) in [5.74, 6) is -7.09. The minimum atomic E-state index is -2.70. The minimum absolute atomic E-state index is 0.00788. The molecule has 3 aliphatic rings. The van der Waals surface area contributed by atoms with Gasteiger partial charge in [-0.15, -0.1) is 0 Å². The van der Waals surface area contributed by atoms with Crippen LogP contribution in [0.25, 0.3) is 27.7 Å². The first-order chi connectivity index (χ1) is 20.3. The van der Waals surface area contributed by atoms with E-state index in [2.05, 4.69) is 0 Å². The van der Waals surface area contributed by atoms with Crippen molar-refractivity contribution in [1.29, 1.82) is 0 Å². The maximum absolute atomic E-state index is 14.1. The second-order valence-electron chi connectivity index (χ2n) is 11.7. The average Bonchev–Trinajstić information content (AvgIpc) is 2.94. The number of primary amides is 1. The number of fused-ring (bicyclic) bond motifs is 4. The van der Waals surface area contributed by atoms with Crippen molar-refractivity contribution in [2.45, 2.75) is 31.4 Å². The van der Waals surface area contributed by atoms with Gasteiger partial charge in [0.05, 0.1) is 11.6 Å². The molecule has 4 atom stereocenters. The fourth-order valence-electron chi connectivity index (χ4n) is 7.34. The summed E-state index contributed by atoms with van der Waals surface area (Å²) in [5.41, 5.74) is 4.14. The van der Waals surface area contributed by atoms with Gasteiger partial charge in [0, 0.05) is 17.1 Å². The summed E-state index contributed by atoms with van der Waals surface area (Å²) >= 11 is 0. The van der Waals surface area contributed by atoms with E-state index in [1.54, 1.807) is 26.2 Å². The molecular formula is C33H30N2O8. The van der Waals surface area contributed by atoms with Gasteiger partial charge in [0.15, 0.2) is 17.2 Å². The normalized spacial score (nSPS) is 25.1. The number of aliphatic hydroxyl groups excluding tert-OH is 2. The first-order valence-electron chi connectivity index (χ1n) is 13.8. The highest BCUT2D eigenvalue weighted by atomic mass is 16.3. The van der Waals surface area contributed by atoms with Crippen molar-refractivity contribution in [3.63, 3.8) is 0 Å². The van der Waals surface area contributed by atoms with Crippen LogP contribution < -0.4 is 5.73 Å². The van der Waals surface area contributed by atoms with Crippen molar-refractivity contribution in [2.24, 2.45) is 17.6 Å². The van der Waals surface area contributed by atoms with E-state index >= 15 is 0 Å². The van der Waals surface area contributed by atoms with Crippen LogP contribution in [0.2, 0.25) is 0 Å². The molecule has 0 saturated heterocycles. The third-order valence-corrected chi connectivity index (χ3v) is 9.20. The van der Waals surface area contributed by atoms with E-state index < -0.39 is 58.0 Å². The van der Waals surface area contributed by atoms with E-state index in [0.29, 0.717) is 16.7 Å². The lowest BCUT2D eigenvalue weighted by atomic mass is 9.57.